The highest BCUT2D eigenvalue weighted by Gasteiger charge is 2.38. The summed E-state index contributed by atoms with van der Waals surface area (Å²) in [6.45, 7) is 2.11. The van der Waals surface area contributed by atoms with E-state index in [9.17, 15) is 4.79 Å². The minimum absolute atomic E-state index is 0.0568. The number of rotatable bonds is 5. The van der Waals surface area contributed by atoms with Crippen LogP contribution in [0.15, 0.2) is 24.3 Å². The molecule has 0 saturated heterocycles. The summed E-state index contributed by atoms with van der Waals surface area (Å²) in [5.74, 6) is -0.0568. The number of carbonyl (C=O) groups is 1. The molecular weight excluding hydrogens is 224 g/mol. The zero-order valence-electron chi connectivity index (χ0n) is 11.4. The monoisotopic (exact) mass is 246 g/mol. The summed E-state index contributed by atoms with van der Waals surface area (Å²) in [5, 5.41) is 0. The van der Waals surface area contributed by atoms with Crippen molar-refractivity contribution in [1.82, 2.24) is 0 Å². The van der Waals surface area contributed by atoms with Crippen LogP contribution < -0.4 is 0 Å². The number of aryl methyl sites for hydroxylation is 2. The Morgan fingerprint density at radius 3 is 2.44 bits per heavy atom. The van der Waals surface area contributed by atoms with Crippen molar-refractivity contribution in [3.63, 3.8) is 0 Å². The lowest BCUT2D eigenvalue weighted by Gasteiger charge is -2.41. The number of hydrogen-bond donors (Lipinski definition) is 0. The van der Waals surface area contributed by atoms with Gasteiger partial charge in [0.15, 0.2) is 0 Å². The predicted octanol–water partition coefficient (Wildman–Crippen LogP) is 3.66. The number of esters is 1. The normalized spacial score (nSPS) is 17.0. The first-order chi connectivity index (χ1) is 8.63. The molecule has 0 aromatic heterocycles. The topological polar surface area (TPSA) is 26.3 Å². The van der Waals surface area contributed by atoms with Crippen molar-refractivity contribution in [2.45, 2.75) is 45.4 Å². The molecule has 2 rings (SSSR count). The molecule has 1 aliphatic carbocycles. The summed E-state index contributed by atoms with van der Waals surface area (Å²) in [5.41, 5.74) is 2.89. The lowest BCUT2D eigenvalue weighted by atomic mass is 9.64. The van der Waals surface area contributed by atoms with Gasteiger partial charge >= 0.3 is 5.97 Å². The highest BCUT2D eigenvalue weighted by molar-refractivity contribution is 5.70. The van der Waals surface area contributed by atoms with Gasteiger partial charge in [0, 0.05) is 0 Å². The van der Waals surface area contributed by atoms with Crippen LogP contribution in [0.5, 0.6) is 0 Å². The van der Waals surface area contributed by atoms with E-state index < -0.39 is 0 Å². The van der Waals surface area contributed by atoms with E-state index >= 15 is 0 Å². The summed E-state index contributed by atoms with van der Waals surface area (Å²) in [6.07, 6.45) is 6.37. The molecule has 98 valence electrons. The Hall–Kier alpha value is -1.31. The Bertz CT molecular complexity index is 402. The highest BCUT2D eigenvalue weighted by atomic mass is 16.5. The van der Waals surface area contributed by atoms with Crippen LogP contribution in [0.25, 0.3) is 0 Å². The largest absolute Gasteiger partial charge is 0.469 e. The zero-order chi connectivity index (χ0) is 13.0. The second-order valence-corrected chi connectivity index (χ2v) is 5.59. The molecule has 0 heterocycles. The van der Waals surface area contributed by atoms with Gasteiger partial charge in [-0.1, -0.05) is 36.2 Å². The average Bonchev–Trinajstić information content (AvgIpc) is 2.34. The van der Waals surface area contributed by atoms with Crippen LogP contribution in [0.2, 0.25) is 0 Å². The van der Waals surface area contributed by atoms with Gasteiger partial charge in [-0.25, -0.2) is 0 Å². The summed E-state index contributed by atoms with van der Waals surface area (Å²) in [7, 11) is 1.48. The van der Waals surface area contributed by atoms with Gasteiger partial charge in [-0.3, -0.25) is 4.79 Å². The quantitative estimate of drug-likeness (QED) is 0.741. The Kier molecular flexibility index (Phi) is 4.05. The maximum absolute atomic E-state index is 11.5. The van der Waals surface area contributed by atoms with Crippen molar-refractivity contribution in [1.29, 1.82) is 0 Å². The molecular formula is C16H22O2. The second-order valence-electron chi connectivity index (χ2n) is 5.59. The molecule has 0 N–H and O–H groups in total. The van der Waals surface area contributed by atoms with Gasteiger partial charge in [-0.15, -0.1) is 0 Å². The first-order valence-corrected chi connectivity index (χ1v) is 6.76. The Morgan fingerprint density at radius 2 is 1.94 bits per heavy atom. The standard InChI is InChI=1S/C16H22O2/c1-13-4-6-14(7-5-13)8-11-16(9-3-10-16)12-15(17)18-2/h4-7H,3,8-12H2,1-2H3. The first-order valence-electron chi connectivity index (χ1n) is 6.76. The third-order valence-electron chi connectivity index (χ3n) is 4.23. The fraction of sp³-hybridized carbons (Fsp3) is 0.562. The van der Waals surface area contributed by atoms with E-state index in [1.54, 1.807) is 0 Å². The molecule has 1 aromatic carbocycles. The molecule has 0 atom stereocenters. The molecule has 0 aliphatic heterocycles. The van der Waals surface area contributed by atoms with E-state index in [1.165, 1.54) is 37.5 Å². The highest BCUT2D eigenvalue weighted by Crippen LogP contribution is 2.47. The van der Waals surface area contributed by atoms with Gasteiger partial charge in [0.25, 0.3) is 0 Å². The SMILES string of the molecule is COC(=O)CC1(CCc2ccc(C)cc2)CCC1. The molecule has 2 nitrogen and oxygen atoms in total. The molecule has 0 amide bonds. The molecule has 1 fully saturated rings. The predicted molar refractivity (Wildman–Crippen MR) is 72.4 cm³/mol. The minimum atomic E-state index is -0.0568. The van der Waals surface area contributed by atoms with E-state index in [0.717, 1.165) is 12.8 Å². The van der Waals surface area contributed by atoms with Crippen LogP contribution in [-0.4, -0.2) is 13.1 Å². The summed E-state index contributed by atoms with van der Waals surface area (Å²) in [6, 6.07) is 8.70. The van der Waals surface area contributed by atoms with Crippen LogP contribution in [-0.2, 0) is 16.0 Å². The van der Waals surface area contributed by atoms with Crippen LogP contribution in [0.3, 0.4) is 0 Å². The molecule has 0 bridgehead atoms. The molecule has 18 heavy (non-hydrogen) atoms. The first kappa shape index (κ1) is 13.1. The van der Waals surface area contributed by atoms with Crippen molar-refractivity contribution >= 4 is 5.97 Å². The summed E-state index contributed by atoms with van der Waals surface area (Å²) >= 11 is 0. The maximum Gasteiger partial charge on any atom is 0.306 e. The molecule has 0 radical (unpaired) electrons. The smallest absolute Gasteiger partial charge is 0.306 e. The lowest BCUT2D eigenvalue weighted by molar-refractivity contribution is -0.145. The molecule has 0 spiro atoms. The number of benzene rings is 1. The summed E-state index contributed by atoms with van der Waals surface area (Å²) in [4.78, 5) is 11.5. The molecule has 1 saturated carbocycles. The van der Waals surface area contributed by atoms with E-state index in [4.69, 9.17) is 4.74 Å². The van der Waals surface area contributed by atoms with Crippen molar-refractivity contribution in [2.24, 2.45) is 5.41 Å². The average molecular weight is 246 g/mol. The van der Waals surface area contributed by atoms with E-state index in [1.807, 2.05) is 0 Å². The van der Waals surface area contributed by atoms with E-state index in [0.29, 0.717) is 6.42 Å². The molecule has 2 heteroatoms. The molecule has 1 aromatic rings. The lowest BCUT2D eigenvalue weighted by Crippen LogP contribution is -2.33. The van der Waals surface area contributed by atoms with Crippen LogP contribution in [0, 0.1) is 12.3 Å². The molecule has 1 aliphatic rings. The van der Waals surface area contributed by atoms with Crippen LogP contribution in [0.4, 0.5) is 0 Å². The summed E-state index contributed by atoms with van der Waals surface area (Å²) < 4.78 is 4.81. The zero-order valence-corrected chi connectivity index (χ0v) is 11.4. The van der Waals surface area contributed by atoms with Gasteiger partial charge in [0.2, 0.25) is 0 Å². The van der Waals surface area contributed by atoms with E-state index in [-0.39, 0.29) is 11.4 Å². The van der Waals surface area contributed by atoms with Gasteiger partial charge in [0.1, 0.15) is 0 Å². The Morgan fingerprint density at radius 1 is 1.28 bits per heavy atom. The third-order valence-corrected chi connectivity index (χ3v) is 4.23. The third kappa shape index (κ3) is 3.12. The number of hydrogen-bond acceptors (Lipinski definition) is 2. The Balaban J connectivity index is 1.91. The van der Waals surface area contributed by atoms with Crippen molar-refractivity contribution in [2.75, 3.05) is 7.11 Å². The van der Waals surface area contributed by atoms with Gasteiger partial charge in [-0.05, 0) is 43.6 Å². The number of carbonyl (C=O) groups excluding carboxylic acids is 1. The Labute approximate surface area is 109 Å². The fourth-order valence-corrected chi connectivity index (χ4v) is 2.73. The van der Waals surface area contributed by atoms with Gasteiger partial charge in [0.05, 0.1) is 13.5 Å². The fourth-order valence-electron chi connectivity index (χ4n) is 2.73. The van der Waals surface area contributed by atoms with Crippen LogP contribution >= 0.6 is 0 Å². The minimum Gasteiger partial charge on any atom is -0.469 e. The van der Waals surface area contributed by atoms with Crippen molar-refractivity contribution in [3.8, 4) is 0 Å². The van der Waals surface area contributed by atoms with Gasteiger partial charge in [-0.2, -0.15) is 0 Å². The number of methoxy groups -OCH3 is 1. The van der Waals surface area contributed by atoms with Crippen molar-refractivity contribution < 1.29 is 9.53 Å². The van der Waals surface area contributed by atoms with Crippen molar-refractivity contribution in [3.05, 3.63) is 35.4 Å². The maximum atomic E-state index is 11.5. The van der Waals surface area contributed by atoms with E-state index in [2.05, 4.69) is 31.2 Å². The number of ether oxygens (including phenoxy) is 1. The van der Waals surface area contributed by atoms with Gasteiger partial charge < -0.3 is 4.74 Å². The van der Waals surface area contributed by atoms with Crippen LogP contribution in [0.1, 0.15) is 43.2 Å². The second kappa shape index (κ2) is 5.55. The molecule has 0 unspecified atom stereocenters.